The van der Waals surface area contributed by atoms with Crippen molar-refractivity contribution in [1.82, 2.24) is 10.1 Å². The van der Waals surface area contributed by atoms with Crippen LogP contribution < -0.4 is 5.73 Å². The van der Waals surface area contributed by atoms with E-state index in [9.17, 15) is 0 Å². The van der Waals surface area contributed by atoms with Crippen molar-refractivity contribution >= 4 is 11.0 Å². The van der Waals surface area contributed by atoms with E-state index in [1.807, 2.05) is 24.3 Å². The molecule has 0 bridgehead atoms. The van der Waals surface area contributed by atoms with Crippen LogP contribution in [0.3, 0.4) is 0 Å². The Balaban J connectivity index is 1.90. The number of fused-ring (bicyclic) bond motifs is 1. The van der Waals surface area contributed by atoms with Gasteiger partial charge in [0, 0.05) is 19.0 Å². The van der Waals surface area contributed by atoms with Crippen molar-refractivity contribution in [3.8, 4) is 11.4 Å². The largest absolute Gasteiger partial charge is 0.464 e. The lowest BCUT2D eigenvalue weighted by atomic mass is 10.2. The van der Waals surface area contributed by atoms with E-state index >= 15 is 0 Å². The standard InChI is InChI=1S/C14H15N3O3/c1-18-9(7-15)6-13-16-14(17-20-13)11-8-19-12-5-3-2-4-10(11)12/h2-5,8-9H,6-7,15H2,1H3. The molecule has 6 heteroatoms. The number of nitrogens with zero attached hydrogens (tertiary/aromatic N) is 2. The molecule has 2 heterocycles. The quantitative estimate of drug-likeness (QED) is 0.765. The molecule has 2 aromatic heterocycles. The first-order chi connectivity index (χ1) is 9.81. The molecule has 3 aromatic rings. The highest BCUT2D eigenvalue weighted by Crippen LogP contribution is 2.28. The second kappa shape index (κ2) is 5.44. The van der Waals surface area contributed by atoms with Gasteiger partial charge in [-0.3, -0.25) is 0 Å². The van der Waals surface area contributed by atoms with Gasteiger partial charge in [0.1, 0.15) is 11.8 Å². The average Bonchev–Trinajstić information content (AvgIpc) is 3.11. The van der Waals surface area contributed by atoms with Gasteiger partial charge in [0.2, 0.25) is 11.7 Å². The summed E-state index contributed by atoms with van der Waals surface area (Å²) in [6.45, 7) is 0.406. The zero-order valence-corrected chi connectivity index (χ0v) is 11.1. The van der Waals surface area contributed by atoms with Crippen LogP contribution in [-0.4, -0.2) is 29.9 Å². The van der Waals surface area contributed by atoms with E-state index in [0.29, 0.717) is 24.7 Å². The molecule has 0 radical (unpaired) electrons. The molecule has 2 N–H and O–H groups in total. The summed E-state index contributed by atoms with van der Waals surface area (Å²) in [5, 5.41) is 4.95. The highest BCUT2D eigenvalue weighted by Gasteiger charge is 2.16. The Kier molecular flexibility index (Phi) is 3.49. The lowest BCUT2D eigenvalue weighted by Gasteiger charge is -2.08. The van der Waals surface area contributed by atoms with Gasteiger partial charge in [-0.15, -0.1) is 0 Å². The third-order valence-electron chi connectivity index (χ3n) is 3.19. The number of benzene rings is 1. The fourth-order valence-corrected chi connectivity index (χ4v) is 2.06. The molecule has 1 aromatic carbocycles. The second-order valence-corrected chi connectivity index (χ2v) is 4.45. The average molecular weight is 273 g/mol. The Morgan fingerprint density at radius 3 is 3.00 bits per heavy atom. The Morgan fingerprint density at radius 2 is 2.20 bits per heavy atom. The van der Waals surface area contributed by atoms with Crippen molar-refractivity contribution in [1.29, 1.82) is 0 Å². The van der Waals surface area contributed by atoms with E-state index in [-0.39, 0.29) is 6.10 Å². The SMILES string of the molecule is COC(CN)Cc1nc(-c2coc3ccccc23)no1. The van der Waals surface area contributed by atoms with Crippen LogP contribution >= 0.6 is 0 Å². The summed E-state index contributed by atoms with van der Waals surface area (Å²) in [4.78, 5) is 4.37. The smallest absolute Gasteiger partial charge is 0.229 e. The normalized spacial score (nSPS) is 12.9. The molecule has 0 aliphatic carbocycles. The maximum Gasteiger partial charge on any atom is 0.229 e. The first-order valence-electron chi connectivity index (χ1n) is 6.34. The monoisotopic (exact) mass is 273 g/mol. The Bertz CT molecular complexity index is 700. The van der Waals surface area contributed by atoms with Crippen LogP contribution in [0.4, 0.5) is 0 Å². The molecule has 0 saturated heterocycles. The van der Waals surface area contributed by atoms with Gasteiger partial charge in [-0.2, -0.15) is 4.98 Å². The van der Waals surface area contributed by atoms with E-state index in [4.69, 9.17) is 19.4 Å². The summed E-state index contributed by atoms with van der Waals surface area (Å²) in [5.41, 5.74) is 7.19. The van der Waals surface area contributed by atoms with Gasteiger partial charge >= 0.3 is 0 Å². The minimum absolute atomic E-state index is 0.121. The van der Waals surface area contributed by atoms with Crippen molar-refractivity contribution < 1.29 is 13.7 Å². The fourth-order valence-electron chi connectivity index (χ4n) is 2.06. The molecule has 0 aliphatic heterocycles. The van der Waals surface area contributed by atoms with Gasteiger partial charge in [0.15, 0.2) is 0 Å². The number of furan rings is 1. The first kappa shape index (κ1) is 12.8. The fraction of sp³-hybridized carbons (Fsp3) is 0.286. The lowest BCUT2D eigenvalue weighted by molar-refractivity contribution is 0.102. The number of nitrogens with two attached hydrogens (primary N) is 1. The molecule has 20 heavy (non-hydrogen) atoms. The van der Waals surface area contributed by atoms with Crippen molar-refractivity contribution in [2.75, 3.05) is 13.7 Å². The summed E-state index contributed by atoms with van der Waals surface area (Å²) >= 11 is 0. The third kappa shape index (κ3) is 2.31. The van der Waals surface area contributed by atoms with Crippen LogP contribution in [0.1, 0.15) is 5.89 Å². The summed E-state index contributed by atoms with van der Waals surface area (Å²) in [6.07, 6.45) is 2.01. The van der Waals surface area contributed by atoms with Crippen molar-refractivity contribution in [3.63, 3.8) is 0 Å². The number of hydrogen-bond acceptors (Lipinski definition) is 6. The summed E-state index contributed by atoms with van der Waals surface area (Å²) < 4.78 is 15.9. The molecular formula is C14H15N3O3. The number of rotatable bonds is 5. The van der Waals surface area contributed by atoms with E-state index in [0.717, 1.165) is 16.5 Å². The first-order valence-corrected chi connectivity index (χ1v) is 6.34. The van der Waals surface area contributed by atoms with Gasteiger partial charge in [0.25, 0.3) is 0 Å². The molecule has 0 saturated carbocycles. The van der Waals surface area contributed by atoms with E-state index < -0.39 is 0 Å². The topological polar surface area (TPSA) is 87.3 Å². The van der Waals surface area contributed by atoms with Crippen LogP contribution in [0.15, 0.2) is 39.5 Å². The molecule has 0 amide bonds. The summed E-state index contributed by atoms with van der Waals surface area (Å²) in [5.74, 6) is 1.01. The van der Waals surface area contributed by atoms with E-state index in [1.165, 1.54) is 0 Å². The molecule has 1 atom stereocenters. The number of ether oxygens (including phenoxy) is 1. The van der Waals surface area contributed by atoms with Gasteiger partial charge in [0.05, 0.1) is 18.1 Å². The zero-order chi connectivity index (χ0) is 13.9. The molecule has 6 nitrogen and oxygen atoms in total. The van der Waals surface area contributed by atoms with Crippen LogP contribution in [-0.2, 0) is 11.2 Å². The Labute approximate surface area is 115 Å². The molecule has 104 valence electrons. The highest BCUT2D eigenvalue weighted by atomic mass is 16.5. The van der Waals surface area contributed by atoms with Gasteiger partial charge in [-0.05, 0) is 6.07 Å². The van der Waals surface area contributed by atoms with Gasteiger partial charge in [-0.1, -0.05) is 23.4 Å². The maximum absolute atomic E-state index is 5.58. The predicted octanol–water partition coefficient (Wildman–Crippen LogP) is 2.00. The number of methoxy groups -OCH3 is 1. The molecule has 0 fully saturated rings. The highest BCUT2D eigenvalue weighted by molar-refractivity contribution is 5.91. The van der Waals surface area contributed by atoms with Gasteiger partial charge in [-0.25, -0.2) is 0 Å². The van der Waals surface area contributed by atoms with Crippen LogP contribution in [0.2, 0.25) is 0 Å². The van der Waals surface area contributed by atoms with Crippen molar-refractivity contribution in [3.05, 3.63) is 36.4 Å². The molecular weight excluding hydrogens is 258 g/mol. The molecule has 1 unspecified atom stereocenters. The predicted molar refractivity (Wildman–Crippen MR) is 73.1 cm³/mol. The maximum atomic E-state index is 5.58. The number of aromatic nitrogens is 2. The van der Waals surface area contributed by atoms with Crippen molar-refractivity contribution in [2.45, 2.75) is 12.5 Å². The molecule has 3 rings (SSSR count). The minimum atomic E-state index is -0.121. The third-order valence-corrected chi connectivity index (χ3v) is 3.19. The van der Waals surface area contributed by atoms with Crippen LogP contribution in [0.5, 0.6) is 0 Å². The molecule has 0 spiro atoms. The zero-order valence-electron chi connectivity index (χ0n) is 11.1. The van der Waals surface area contributed by atoms with Crippen molar-refractivity contribution in [2.24, 2.45) is 5.73 Å². The summed E-state index contributed by atoms with van der Waals surface area (Å²) in [6, 6.07) is 7.72. The molecule has 0 aliphatic rings. The van der Waals surface area contributed by atoms with Crippen LogP contribution in [0, 0.1) is 0 Å². The number of para-hydroxylation sites is 1. The second-order valence-electron chi connectivity index (χ2n) is 4.45. The number of hydrogen-bond donors (Lipinski definition) is 1. The summed E-state index contributed by atoms with van der Waals surface area (Å²) in [7, 11) is 1.61. The lowest BCUT2D eigenvalue weighted by Crippen LogP contribution is -2.24. The van der Waals surface area contributed by atoms with E-state index in [1.54, 1.807) is 13.4 Å². The van der Waals surface area contributed by atoms with Crippen LogP contribution in [0.25, 0.3) is 22.4 Å². The Hall–Kier alpha value is -2.18. The Morgan fingerprint density at radius 1 is 1.35 bits per heavy atom. The van der Waals surface area contributed by atoms with E-state index in [2.05, 4.69) is 10.1 Å². The minimum Gasteiger partial charge on any atom is -0.464 e. The van der Waals surface area contributed by atoms with Gasteiger partial charge < -0.3 is 19.4 Å².